The normalized spacial score (nSPS) is 14.8. The SMILES string of the molecule is CN(Cc1ccsc1)Cc1cccc(OC2CCN(C(=O)c3cnn4cccnc34)CC2)c1. The molecule has 1 fully saturated rings. The third-order valence-corrected chi connectivity index (χ3v) is 6.66. The fourth-order valence-electron chi connectivity index (χ4n) is 4.30. The molecule has 1 amide bonds. The Bertz CT molecular complexity index is 1210. The van der Waals surface area contributed by atoms with Crippen molar-refractivity contribution < 1.29 is 9.53 Å². The molecule has 1 aliphatic rings. The van der Waals surface area contributed by atoms with Gasteiger partial charge in [0.1, 0.15) is 17.4 Å². The summed E-state index contributed by atoms with van der Waals surface area (Å²) in [7, 11) is 2.14. The van der Waals surface area contributed by atoms with E-state index in [0.717, 1.165) is 31.7 Å². The summed E-state index contributed by atoms with van der Waals surface area (Å²) in [6, 6.07) is 12.3. The predicted octanol–water partition coefficient (Wildman–Crippen LogP) is 4.11. The molecule has 1 saturated heterocycles. The van der Waals surface area contributed by atoms with Crippen LogP contribution in [0, 0.1) is 0 Å². The lowest BCUT2D eigenvalue weighted by Gasteiger charge is -2.32. The summed E-state index contributed by atoms with van der Waals surface area (Å²) >= 11 is 1.73. The molecule has 0 unspecified atom stereocenters. The highest BCUT2D eigenvalue weighted by Crippen LogP contribution is 2.23. The summed E-state index contributed by atoms with van der Waals surface area (Å²) in [5.74, 6) is 0.880. The van der Waals surface area contributed by atoms with Crippen molar-refractivity contribution in [1.82, 2.24) is 24.4 Å². The van der Waals surface area contributed by atoms with E-state index in [0.29, 0.717) is 24.3 Å². The Morgan fingerprint density at radius 2 is 2.03 bits per heavy atom. The van der Waals surface area contributed by atoms with Gasteiger partial charge < -0.3 is 9.64 Å². The molecule has 0 atom stereocenters. The van der Waals surface area contributed by atoms with Crippen molar-refractivity contribution in [2.45, 2.75) is 32.0 Å². The number of thiophene rings is 1. The second-order valence-electron chi connectivity index (χ2n) is 8.51. The van der Waals surface area contributed by atoms with E-state index in [2.05, 4.69) is 57.1 Å². The van der Waals surface area contributed by atoms with Gasteiger partial charge in [0.2, 0.25) is 0 Å². The van der Waals surface area contributed by atoms with Crippen molar-refractivity contribution in [3.8, 4) is 5.75 Å². The molecule has 170 valence electrons. The Morgan fingerprint density at radius 3 is 2.85 bits per heavy atom. The van der Waals surface area contributed by atoms with Crippen LogP contribution >= 0.6 is 11.3 Å². The van der Waals surface area contributed by atoms with Gasteiger partial charge in [0.15, 0.2) is 5.65 Å². The lowest BCUT2D eigenvalue weighted by Crippen LogP contribution is -2.41. The number of benzene rings is 1. The van der Waals surface area contributed by atoms with Crippen LogP contribution < -0.4 is 4.74 Å². The summed E-state index contributed by atoms with van der Waals surface area (Å²) < 4.78 is 7.92. The first-order valence-corrected chi connectivity index (χ1v) is 12.1. The molecular formula is C25H27N5O2S. The van der Waals surface area contributed by atoms with Gasteiger partial charge in [0.25, 0.3) is 5.91 Å². The molecule has 5 rings (SSSR count). The fourth-order valence-corrected chi connectivity index (χ4v) is 4.96. The van der Waals surface area contributed by atoms with Gasteiger partial charge in [-0.25, -0.2) is 9.50 Å². The van der Waals surface area contributed by atoms with Crippen LogP contribution in [0.15, 0.2) is 65.7 Å². The summed E-state index contributed by atoms with van der Waals surface area (Å²) in [6.07, 6.45) is 6.81. The molecule has 0 radical (unpaired) electrons. The molecule has 33 heavy (non-hydrogen) atoms. The Morgan fingerprint density at radius 1 is 1.18 bits per heavy atom. The van der Waals surface area contributed by atoms with Crippen LogP contribution in [0.2, 0.25) is 0 Å². The number of fused-ring (bicyclic) bond motifs is 1. The second kappa shape index (κ2) is 9.72. The number of piperidine rings is 1. The zero-order valence-electron chi connectivity index (χ0n) is 18.6. The van der Waals surface area contributed by atoms with Gasteiger partial charge >= 0.3 is 0 Å². The molecular weight excluding hydrogens is 434 g/mol. The van der Waals surface area contributed by atoms with Gasteiger partial charge in [-0.05, 0) is 53.2 Å². The Hall–Kier alpha value is -3.23. The Labute approximate surface area is 197 Å². The van der Waals surface area contributed by atoms with Crippen LogP contribution in [0.25, 0.3) is 5.65 Å². The lowest BCUT2D eigenvalue weighted by atomic mass is 10.1. The maximum atomic E-state index is 13.0. The van der Waals surface area contributed by atoms with Gasteiger partial charge in [-0.3, -0.25) is 9.69 Å². The van der Waals surface area contributed by atoms with Crippen LogP contribution in [0.4, 0.5) is 0 Å². The number of amides is 1. The summed E-state index contributed by atoms with van der Waals surface area (Å²) in [5.41, 5.74) is 3.73. The van der Waals surface area contributed by atoms with E-state index in [9.17, 15) is 4.79 Å². The summed E-state index contributed by atoms with van der Waals surface area (Å²) in [5, 5.41) is 8.54. The maximum Gasteiger partial charge on any atom is 0.259 e. The first kappa shape index (κ1) is 21.6. The molecule has 0 saturated carbocycles. The van der Waals surface area contributed by atoms with E-state index in [4.69, 9.17) is 4.74 Å². The van der Waals surface area contributed by atoms with Crippen LogP contribution in [0.5, 0.6) is 5.75 Å². The molecule has 3 aromatic heterocycles. The lowest BCUT2D eigenvalue weighted by molar-refractivity contribution is 0.0597. The molecule has 7 nitrogen and oxygen atoms in total. The number of rotatable bonds is 7. The van der Waals surface area contributed by atoms with Gasteiger partial charge in [0, 0.05) is 51.4 Å². The summed E-state index contributed by atoms with van der Waals surface area (Å²) in [4.78, 5) is 21.5. The molecule has 4 aromatic rings. The molecule has 1 aliphatic heterocycles. The highest BCUT2D eigenvalue weighted by atomic mass is 32.1. The van der Waals surface area contributed by atoms with E-state index in [1.807, 2.05) is 11.0 Å². The molecule has 1 aromatic carbocycles. The van der Waals surface area contributed by atoms with Crippen LogP contribution in [0.3, 0.4) is 0 Å². The van der Waals surface area contributed by atoms with E-state index < -0.39 is 0 Å². The van der Waals surface area contributed by atoms with Crippen LogP contribution in [-0.2, 0) is 13.1 Å². The maximum absolute atomic E-state index is 13.0. The molecule has 0 bridgehead atoms. The number of ether oxygens (including phenoxy) is 1. The number of nitrogens with zero attached hydrogens (tertiary/aromatic N) is 5. The number of hydrogen-bond acceptors (Lipinski definition) is 6. The highest BCUT2D eigenvalue weighted by molar-refractivity contribution is 7.07. The number of carbonyl (C=O) groups excluding carboxylic acids is 1. The van der Waals surface area contributed by atoms with Crippen LogP contribution in [-0.4, -0.2) is 56.5 Å². The molecule has 0 aliphatic carbocycles. The minimum atomic E-state index is -0.0159. The predicted molar refractivity (Wildman–Crippen MR) is 128 cm³/mol. The highest BCUT2D eigenvalue weighted by Gasteiger charge is 2.27. The van der Waals surface area contributed by atoms with Crippen LogP contribution in [0.1, 0.15) is 34.3 Å². The Kier molecular flexibility index (Phi) is 6.37. The van der Waals surface area contributed by atoms with Gasteiger partial charge in [-0.15, -0.1) is 0 Å². The number of hydrogen-bond donors (Lipinski definition) is 0. The van der Waals surface area contributed by atoms with Gasteiger partial charge in [-0.2, -0.15) is 16.4 Å². The van der Waals surface area contributed by atoms with E-state index in [1.54, 1.807) is 40.5 Å². The zero-order chi connectivity index (χ0) is 22.6. The van der Waals surface area contributed by atoms with E-state index in [1.165, 1.54) is 11.1 Å². The minimum absolute atomic E-state index is 0.0159. The molecule has 4 heterocycles. The van der Waals surface area contributed by atoms with E-state index in [-0.39, 0.29) is 12.0 Å². The van der Waals surface area contributed by atoms with Crippen molar-refractivity contribution in [3.63, 3.8) is 0 Å². The molecule has 0 N–H and O–H groups in total. The quantitative estimate of drug-likeness (QED) is 0.415. The smallest absolute Gasteiger partial charge is 0.259 e. The largest absolute Gasteiger partial charge is 0.490 e. The van der Waals surface area contributed by atoms with Crippen molar-refractivity contribution in [3.05, 3.63) is 82.4 Å². The van der Waals surface area contributed by atoms with Gasteiger partial charge in [-0.1, -0.05) is 12.1 Å². The third kappa shape index (κ3) is 5.07. The third-order valence-electron chi connectivity index (χ3n) is 5.93. The minimum Gasteiger partial charge on any atom is -0.490 e. The van der Waals surface area contributed by atoms with E-state index >= 15 is 0 Å². The Balaban J connectivity index is 1.15. The first-order valence-electron chi connectivity index (χ1n) is 11.2. The number of aromatic nitrogens is 3. The first-order chi connectivity index (χ1) is 16.2. The second-order valence-corrected chi connectivity index (χ2v) is 9.29. The fraction of sp³-hybridized carbons (Fsp3) is 0.320. The van der Waals surface area contributed by atoms with Crippen molar-refractivity contribution >= 4 is 22.9 Å². The van der Waals surface area contributed by atoms with Crippen molar-refractivity contribution in [2.24, 2.45) is 0 Å². The summed E-state index contributed by atoms with van der Waals surface area (Å²) in [6.45, 7) is 3.13. The standard InChI is InChI=1S/C25H27N5O2S/c1-28(17-20-8-13-33-18-20)16-19-4-2-5-22(14-19)32-21-6-11-29(12-7-21)25(31)23-15-27-30-10-3-9-26-24(23)30/h2-5,8-10,13-15,18,21H,6-7,11-12,16-17H2,1H3. The number of likely N-dealkylation sites (tertiary alicyclic amines) is 1. The monoisotopic (exact) mass is 461 g/mol. The zero-order valence-corrected chi connectivity index (χ0v) is 19.4. The number of carbonyl (C=O) groups is 1. The van der Waals surface area contributed by atoms with Crippen molar-refractivity contribution in [2.75, 3.05) is 20.1 Å². The topological polar surface area (TPSA) is 63.0 Å². The molecule has 0 spiro atoms. The molecule has 8 heteroatoms. The van der Waals surface area contributed by atoms with Crippen molar-refractivity contribution in [1.29, 1.82) is 0 Å². The van der Waals surface area contributed by atoms with Gasteiger partial charge in [0.05, 0.1) is 6.20 Å². The average molecular weight is 462 g/mol. The average Bonchev–Trinajstić information content (AvgIpc) is 3.49.